The minimum absolute atomic E-state index is 0.291. The maximum absolute atomic E-state index is 12.7. The lowest BCUT2D eigenvalue weighted by atomic mass is 9.97. The Morgan fingerprint density at radius 1 is 1.04 bits per heavy atom. The van der Waals surface area contributed by atoms with Gasteiger partial charge in [0.05, 0.1) is 0 Å². The summed E-state index contributed by atoms with van der Waals surface area (Å²) in [5, 5.41) is 7.00. The van der Waals surface area contributed by atoms with E-state index in [1.807, 2.05) is 0 Å². The number of nitrogens with zero attached hydrogens (tertiary/aromatic N) is 3. The molecule has 3 aliphatic rings. The van der Waals surface area contributed by atoms with E-state index >= 15 is 0 Å². The number of hydrogen-bond acceptors (Lipinski definition) is 3. The van der Waals surface area contributed by atoms with Gasteiger partial charge in [0.1, 0.15) is 0 Å². The van der Waals surface area contributed by atoms with Crippen LogP contribution in [0.5, 0.6) is 0 Å². The van der Waals surface area contributed by atoms with E-state index in [-0.39, 0.29) is 0 Å². The summed E-state index contributed by atoms with van der Waals surface area (Å²) in [7, 11) is 0. The zero-order valence-electron chi connectivity index (χ0n) is 18.1. The van der Waals surface area contributed by atoms with Gasteiger partial charge in [0.15, 0.2) is 5.96 Å². The zero-order valence-corrected chi connectivity index (χ0v) is 18.1. The van der Waals surface area contributed by atoms with Crippen LogP contribution in [0.4, 0.5) is 0 Å². The first-order chi connectivity index (χ1) is 13.7. The molecule has 0 spiro atoms. The van der Waals surface area contributed by atoms with Crippen LogP contribution in [0.3, 0.4) is 0 Å². The van der Waals surface area contributed by atoms with Crippen molar-refractivity contribution in [2.45, 2.75) is 71.3 Å². The highest BCUT2D eigenvalue weighted by Crippen LogP contribution is 2.27. The molecule has 0 aromatic heterocycles. The molecule has 1 amide bonds. The third kappa shape index (κ3) is 6.10. The normalized spacial score (nSPS) is 25.4. The Kier molecular flexibility index (Phi) is 8.44. The molecule has 3 rings (SSSR count). The third-order valence-corrected chi connectivity index (χ3v) is 6.64. The smallest absolute Gasteiger partial charge is 0.225 e. The lowest BCUT2D eigenvalue weighted by Gasteiger charge is -2.31. The van der Waals surface area contributed by atoms with E-state index < -0.39 is 0 Å². The number of carbonyl (C=O) groups excluding carboxylic acids is 1. The molecule has 1 unspecified atom stereocenters. The molecule has 0 aromatic carbocycles. The fraction of sp³-hybridized carbons (Fsp3) is 0.909. The molecule has 160 valence electrons. The Morgan fingerprint density at radius 2 is 1.79 bits per heavy atom. The van der Waals surface area contributed by atoms with Crippen LogP contribution < -0.4 is 10.6 Å². The van der Waals surface area contributed by atoms with Gasteiger partial charge in [-0.2, -0.15) is 0 Å². The number of piperidine rings is 1. The summed E-state index contributed by atoms with van der Waals surface area (Å²) in [5.41, 5.74) is 0. The standard InChI is InChI=1S/C22H41N5O/c1-3-12-26-13-9-18(10-14-26)16-24-22(23-4-2)25-20-11-15-27(17-20)21(28)19-7-5-6-8-19/h18-20H,3-17H2,1-2H3,(H2,23,24,25). The molecule has 2 saturated heterocycles. The summed E-state index contributed by atoms with van der Waals surface area (Å²) < 4.78 is 0. The first-order valence-corrected chi connectivity index (χ1v) is 11.8. The fourth-order valence-corrected chi connectivity index (χ4v) is 4.95. The summed E-state index contributed by atoms with van der Waals surface area (Å²) in [5.74, 6) is 2.31. The molecule has 6 nitrogen and oxygen atoms in total. The molecular formula is C22H41N5O. The number of aliphatic imine (C=N–C) groups is 1. The van der Waals surface area contributed by atoms with E-state index in [0.717, 1.165) is 51.4 Å². The van der Waals surface area contributed by atoms with E-state index in [2.05, 4.69) is 34.3 Å². The highest BCUT2D eigenvalue weighted by Gasteiger charge is 2.32. The first-order valence-electron chi connectivity index (χ1n) is 11.8. The number of hydrogen-bond donors (Lipinski definition) is 2. The van der Waals surface area contributed by atoms with Crippen molar-refractivity contribution in [3.8, 4) is 0 Å². The molecule has 1 aliphatic carbocycles. The van der Waals surface area contributed by atoms with Gasteiger partial charge in [-0.25, -0.2) is 0 Å². The van der Waals surface area contributed by atoms with Crippen LogP contribution in [0.1, 0.15) is 65.2 Å². The fourth-order valence-electron chi connectivity index (χ4n) is 4.95. The zero-order chi connectivity index (χ0) is 19.8. The van der Waals surface area contributed by atoms with Gasteiger partial charge in [0.2, 0.25) is 5.91 Å². The lowest BCUT2D eigenvalue weighted by molar-refractivity contribution is -0.134. The van der Waals surface area contributed by atoms with Crippen molar-refractivity contribution in [1.82, 2.24) is 20.4 Å². The number of carbonyl (C=O) groups is 1. The van der Waals surface area contributed by atoms with E-state index in [1.54, 1.807) is 0 Å². The van der Waals surface area contributed by atoms with Gasteiger partial charge in [-0.05, 0) is 71.0 Å². The maximum Gasteiger partial charge on any atom is 0.225 e. The predicted molar refractivity (Wildman–Crippen MR) is 116 cm³/mol. The van der Waals surface area contributed by atoms with Crippen LogP contribution in [-0.2, 0) is 4.79 Å². The van der Waals surface area contributed by atoms with Crippen molar-refractivity contribution in [2.24, 2.45) is 16.8 Å². The molecule has 28 heavy (non-hydrogen) atoms. The monoisotopic (exact) mass is 391 g/mol. The van der Waals surface area contributed by atoms with Gasteiger partial charge in [0.25, 0.3) is 0 Å². The average Bonchev–Trinajstić information content (AvgIpc) is 3.39. The van der Waals surface area contributed by atoms with Crippen molar-refractivity contribution in [2.75, 3.05) is 45.8 Å². The predicted octanol–water partition coefficient (Wildman–Crippen LogP) is 2.45. The highest BCUT2D eigenvalue weighted by atomic mass is 16.2. The Morgan fingerprint density at radius 3 is 2.46 bits per heavy atom. The molecule has 0 radical (unpaired) electrons. The molecule has 2 N–H and O–H groups in total. The third-order valence-electron chi connectivity index (χ3n) is 6.64. The molecule has 2 heterocycles. The summed E-state index contributed by atoms with van der Waals surface area (Å²) in [6, 6.07) is 0.328. The second kappa shape index (κ2) is 11.0. The van der Waals surface area contributed by atoms with E-state index in [1.165, 1.54) is 51.7 Å². The SMILES string of the molecule is CCCN1CCC(CN=C(NCC)NC2CCN(C(=O)C3CCCC3)C2)CC1. The average molecular weight is 392 g/mol. The molecule has 1 saturated carbocycles. The number of likely N-dealkylation sites (tertiary alicyclic amines) is 2. The summed E-state index contributed by atoms with van der Waals surface area (Å²) in [6.07, 6.45) is 9.42. The minimum atomic E-state index is 0.291. The first kappa shape index (κ1) is 21.4. The van der Waals surface area contributed by atoms with Gasteiger partial charge in [-0.3, -0.25) is 9.79 Å². The van der Waals surface area contributed by atoms with Crippen LogP contribution in [0.25, 0.3) is 0 Å². The Bertz CT molecular complexity index is 509. The van der Waals surface area contributed by atoms with Gasteiger partial charge >= 0.3 is 0 Å². The topological polar surface area (TPSA) is 60.0 Å². The van der Waals surface area contributed by atoms with Gasteiger partial charge in [-0.1, -0.05) is 19.8 Å². The van der Waals surface area contributed by atoms with Crippen molar-refractivity contribution < 1.29 is 4.79 Å². The second-order valence-corrected chi connectivity index (χ2v) is 8.90. The Balaban J connectivity index is 1.44. The molecule has 1 atom stereocenters. The van der Waals surface area contributed by atoms with E-state index in [9.17, 15) is 4.79 Å². The van der Waals surface area contributed by atoms with Gasteiger partial charge in [-0.15, -0.1) is 0 Å². The molecule has 0 aromatic rings. The number of nitrogens with one attached hydrogen (secondary N) is 2. The molecular weight excluding hydrogens is 350 g/mol. The Labute approximate surface area is 171 Å². The molecule has 0 bridgehead atoms. The van der Waals surface area contributed by atoms with Crippen LogP contribution in [0, 0.1) is 11.8 Å². The van der Waals surface area contributed by atoms with Crippen LogP contribution >= 0.6 is 0 Å². The Hall–Kier alpha value is -1.30. The molecule has 2 aliphatic heterocycles. The van der Waals surface area contributed by atoms with E-state index in [0.29, 0.717) is 23.8 Å². The van der Waals surface area contributed by atoms with Gasteiger partial charge < -0.3 is 20.4 Å². The second-order valence-electron chi connectivity index (χ2n) is 8.90. The van der Waals surface area contributed by atoms with E-state index in [4.69, 9.17) is 4.99 Å². The largest absolute Gasteiger partial charge is 0.357 e. The maximum atomic E-state index is 12.7. The highest BCUT2D eigenvalue weighted by molar-refractivity contribution is 5.81. The van der Waals surface area contributed by atoms with Crippen LogP contribution in [0.15, 0.2) is 4.99 Å². The van der Waals surface area contributed by atoms with Crippen molar-refractivity contribution >= 4 is 11.9 Å². The summed E-state index contributed by atoms with van der Waals surface area (Å²) in [4.78, 5) is 22.2. The number of guanidine groups is 1. The van der Waals surface area contributed by atoms with Crippen molar-refractivity contribution in [1.29, 1.82) is 0 Å². The van der Waals surface area contributed by atoms with Crippen LogP contribution in [-0.4, -0.2) is 73.5 Å². The molecule has 6 heteroatoms. The lowest BCUT2D eigenvalue weighted by Crippen LogP contribution is -2.45. The molecule has 3 fully saturated rings. The quantitative estimate of drug-likeness (QED) is 0.517. The summed E-state index contributed by atoms with van der Waals surface area (Å²) >= 11 is 0. The number of amides is 1. The number of rotatable bonds is 7. The summed E-state index contributed by atoms with van der Waals surface area (Å²) in [6.45, 7) is 11.6. The minimum Gasteiger partial charge on any atom is -0.357 e. The van der Waals surface area contributed by atoms with Crippen LogP contribution in [0.2, 0.25) is 0 Å². The van der Waals surface area contributed by atoms with Gasteiger partial charge in [0, 0.05) is 38.1 Å². The van der Waals surface area contributed by atoms with Crippen molar-refractivity contribution in [3.63, 3.8) is 0 Å². The van der Waals surface area contributed by atoms with Crippen molar-refractivity contribution in [3.05, 3.63) is 0 Å².